The third-order valence-corrected chi connectivity index (χ3v) is 2.74. The average Bonchev–Trinajstić information content (AvgIpc) is 2.65. The number of hydrogen-bond acceptors (Lipinski definition) is 3. The molecule has 0 aliphatic heterocycles. The van der Waals surface area contributed by atoms with Gasteiger partial charge in [0.15, 0.2) is 0 Å². The summed E-state index contributed by atoms with van der Waals surface area (Å²) in [4.78, 5) is 0. The summed E-state index contributed by atoms with van der Waals surface area (Å²) in [5, 5.41) is 0. The smallest absolute Gasteiger partial charge is 0.114 e. The molecule has 2 N–H and O–H groups in total. The lowest BCUT2D eigenvalue weighted by Gasteiger charge is -1.94. The summed E-state index contributed by atoms with van der Waals surface area (Å²) in [5.74, 6) is 4.07. The Morgan fingerprint density at radius 2 is 2.14 bits per heavy atom. The van der Waals surface area contributed by atoms with Crippen molar-refractivity contribution in [1.29, 1.82) is 0 Å². The Morgan fingerprint density at radius 3 is 2.79 bits per heavy atom. The van der Waals surface area contributed by atoms with Gasteiger partial charge in [-0.25, -0.2) is 0 Å². The second-order valence-corrected chi connectivity index (χ2v) is 3.97. The van der Waals surface area contributed by atoms with E-state index in [-0.39, 0.29) is 0 Å². The van der Waals surface area contributed by atoms with Gasteiger partial charge < -0.3 is 10.2 Å². The molecule has 78 valence electrons. The second kappa shape index (κ2) is 6.74. The molecule has 0 atom stereocenters. The number of furan rings is 1. The molecule has 0 fully saturated rings. The van der Waals surface area contributed by atoms with Crippen LogP contribution in [0.25, 0.3) is 0 Å². The number of hydrogen-bond donors (Lipinski definition) is 1. The molecule has 14 heavy (non-hydrogen) atoms. The van der Waals surface area contributed by atoms with E-state index in [0.29, 0.717) is 6.54 Å². The average molecular weight is 211 g/mol. The Morgan fingerprint density at radius 1 is 1.36 bits per heavy atom. The molecule has 2 nitrogen and oxygen atoms in total. The van der Waals surface area contributed by atoms with Crippen LogP contribution >= 0.6 is 11.8 Å². The quantitative estimate of drug-likeness (QED) is 0.580. The Balaban J connectivity index is 2.21. The van der Waals surface area contributed by atoms with Crippen molar-refractivity contribution in [3.8, 4) is 0 Å². The first-order valence-corrected chi connectivity index (χ1v) is 6.02. The molecule has 0 bridgehead atoms. The van der Waals surface area contributed by atoms with Crippen LogP contribution in [0.4, 0.5) is 0 Å². The summed E-state index contributed by atoms with van der Waals surface area (Å²) in [6, 6.07) is 4.10. The largest absolute Gasteiger partial charge is 0.465 e. The summed E-state index contributed by atoms with van der Waals surface area (Å²) in [5.41, 5.74) is 5.33. The minimum absolute atomic E-state index is 0.626. The van der Waals surface area contributed by atoms with Crippen LogP contribution in [0.5, 0.6) is 0 Å². The minimum atomic E-state index is 0.626. The van der Waals surface area contributed by atoms with Crippen LogP contribution < -0.4 is 5.73 Å². The normalized spacial score (nSPS) is 11.3. The van der Waals surface area contributed by atoms with E-state index in [2.05, 4.69) is 19.1 Å². The molecule has 0 saturated heterocycles. The molecule has 0 saturated carbocycles. The Bertz CT molecular complexity index is 281. The van der Waals surface area contributed by atoms with E-state index in [0.717, 1.165) is 29.4 Å². The predicted octanol–water partition coefficient (Wildman–Crippen LogP) is 2.59. The van der Waals surface area contributed by atoms with Crippen molar-refractivity contribution in [3.63, 3.8) is 0 Å². The summed E-state index contributed by atoms with van der Waals surface area (Å²) >= 11 is 1.83. The zero-order valence-corrected chi connectivity index (χ0v) is 9.35. The Hall–Kier alpha value is -0.670. The van der Waals surface area contributed by atoms with Crippen LogP contribution in [0.2, 0.25) is 0 Å². The van der Waals surface area contributed by atoms with Gasteiger partial charge in [0, 0.05) is 18.7 Å². The highest BCUT2D eigenvalue weighted by Gasteiger charge is 1.98. The Labute approximate surface area is 89.6 Å². The molecule has 0 unspecified atom stereocenters. The van der Waals surface area contributed by atoms with Gasteiger partial charge in [-0.05, 0) is 12.1 Å². The van der Waals surface area contributed by atoms with Gasteiger partial charge in [0.05, 0.1) is 5.75 Å². The highest BCUT2D eigenvalue weighted by atomic mass is 32.2. The van der Waals surface area contributed by atoms with Crippen molar-refractivity contribution >= 4 is 11.8 Å². The van der Waals surface area contributed by atoms with Gasteiger partial charge in [-0.3, -0.25) is 0 Å². The van der Waals surface area contributed by atoms with Crippen LogP contribution in [-0.2, 0) is 12.2 Å². The van der Waals surface area contributed by atoms with Gasteiger partial charge in [-0.15, -0.1) is 11.8 Å². The van der Waals surface area contributed by atoms with Crippen molar-refractivity contribution in [2.45, 2.75) is 19.1 Å². The second-order valence-electron chi connectivity index (χ2n) is 2.94. The topological polar surface area (TPSA) is 39.2 Å². The fourth-order valence-electron chi connectivity index (χ4n) is 1.08. The number of thioether (sulfide) groups is 1. The maximum Gasteiger partial charge on any atom is 0.114 e. The van der Waals surface area contributed by atoms with Gasteiger partial charge >= 0.3 is 0 Å². The molecule has 0 amide bonds. The van der Waals surface area contributed by atoms with Crippen LogP contribution in [-0.4, -0.2) is 12.3 Å². The number of nitrogens with two attached hydrogens (primary N) is 1. The van der Waals surface area contributed by atoms with Gasteiger partial charge in [-0.2, -0.15) is 0 Å². The summed E-state index contributed by atoms with van der Waals surface area (Å²) in [7, 11) is 0. The van der Waals surface area contributed by atoms with Crippen LogP contribution in [0, 0.1) is 0 Å². The van der Waals surface area contributed by atoms with E-state index in [9.17, 15) is 0 Å². The fourth-order valence-corrected chi connectivity index (χ4v) is 1.83. The fraction of sp³-hybridized carbons (Fsp3) is 0.455. The zero-order chi connectivity index (χ0) is 10.2. The lowest BCUT2D eigenvalue weighted by Crippen LogP contribution is -1.92. The van der Waals surface area contributed by atoms with Gasteiger partial charge in [0.2, 0.25) is 0 Å². The van der Waals surface area contributed by atoms with Crippen LogP contribution in [0.1, 0.15) is 18.4 Å². The van der Waals surface area contributed by atoms with Crippen LogP contribution in [0.15, 0.2) is 28.7 Å². The molecule has 0 radical (unpaired) electrons. The summed E-state index contributed by atoms with van der Waals surface area (Å²) in [6.45, 7) is 2.72. The number of rotatable bonds is 6. The van der Waals surface area contributed by atoms with E-state index < -0.39 is 0 Å². The molecular weight excluding hydrogens is 194 g/mol. The minimum Gasteiger partial charge on any atom is -0.465 e. The molecular formula is C11H17NOS. The molecule has 0 spiro atoms. The third kappa shape index (κ3) is 4.03. The lowest BCUT2D eigenvalue weighted by atomic mass is 10.4. The van der Waals surface area contributed by atoms with E-state index >= 15 is 0 Å². The van der Waals surface area contributed by atoms with Crippen molar-refractivity contribution in [2.24, 2.45) is 5.73 Å². The molecule has 0 aromatic carbocycles. The molecule has 1 heterocycles. The van der Waals surface area contributed by atoms with Crippen molar-refractivity contribution < 1.29 is 4.42 Å². The van der Waals surface area contributed by atoms with Gasteiger partial charge in [-0.1, -0.05) is 19.1 Å². The monoisotopic (exact) mass is 211 g/mol. The Kier molecular flexibility index (Phi) is 5.49. The van der Waals surface area contributed by atoms with Gasteiger partial charge in [0.25, 0.3) is 0 Å². The van der Waals surface area contributed by atoms with Gasteiger partial charge in [0.1, 0.15) is 11.5 Å². The van der Waals surface area contributed by atoms with E-state index in [1.807, 2.05) is 23.9 Å². The first-order chi connectivity index (χ1) is 6.86. The standard InChI is InChI=1S/C11H17NOS/c1-2-10-5-6-11(13-10)9-14-8-4-3-7-12/h3-6H,2,7-9,12H2,1H3/b4-3+. The SMILES string of the molecule is CCc1ccc(CSC/C=C/CN)o1. The van der Waals surface area contributed by atoms with E-state index in [1.54, 1.807) is 0 Å². The number of aryl methyl sites for hydroxylation is 1. The first kappa shape index (κ1) is 11.4. The summed E-state index contributed by atoms with van der Waals surface area (Å²) in [6.07, 6.45) is 5.04. The molecule has 1 rings (SSSR count). The molecule has 3 heteroatoms. The molecule has 0 aliphatic carbocycles. The van der Waals surface area contributed by atoms with E-state index in [1.165, 1.54) is 0 Å². The van der Waals surface area contributed by atoms with Crippen molar-refractivity contribution in [1.82, 2.24) is 0 Å². The molecule has 1 aromatic rings. The summed E-state index contributed by atoms with van der Waals surface area (Å²) < 4.78 is 5.57. The highest BCUT2D eigenvalue weighted by Crippen LogP contribution is 2.15. The highest BCUT2D eigenvalue weighted by molar-refractivity contribution is 7.98. The van der Waals surface area contributed by atoms with E-state index in [4.69, 9.17) is 10.2 Å². The maximum absolute atomic E-state index is 5.57. The maximum atomic E-state index is 5.57. The third-order valence-electron chi connectivity index (χ3n) is 1.83. The van der Waals surface area contributed by atoms with Crippen molar-refractivity contribution in [3.05, 3.63) is 35.8 Å². The first-order valence-electron chi connectivity index (χ1n) is 4.87. The zero-order valence-electron chi connectivity index (χ0n) is 8.53. The van der Waals surface area contributed by atoms with Crippen molar-refractivity contribution in [2.75, 3.05) is 12.3 Å². The molecule has 1 aromatic heterocycles. The van der Waals surface area contributed by atoms with Crippen LogP contribution in [0.3, 0.4) is 0 Å². The lowest BCUT2D eigenvalue weighted by molar-refractivity contribution is 0.485. The predicted molar refractivity (Wildman–Crippen MR) is 62.4 cm³/mol. The molecule has 0 aliphatic rings.